The lowest BCUT2D eigenvalue weighted by Gasteiger charge is -2.18. The molecule has 0 aliphatic carbocycles. The fraction of sp³-hybridized carbons (Fsp3) is 0.263. The van der Waals surface area contributed by atoms with E-state index in [1.807, 2.05) is 0 Å². The summed E-state index contributed by atoms with van der Waals surface area (Å²) in [5, 5.41) is 2.46. The maximum atomic E-state index is 12.8. The van der Waals surface area contributed by atoms with E-state index in [2.05, 4.69) is 5.32 Å². The molecule has 7 nitrogen and oxygen atoms in total. The Morgan fingerprint density at radius 2 is 1.57 bits per heavy atom. The number of carbonyl (C=O) groups is 2. The molecule has 2 rings (SSSR count). The van der Waals surface area contributed by atoms with E-state index < -0.39 is 34.3 Å². The molecule has 0 aliphatic rings. The maximum absolute atomic E-state index is 12.8. The van der Waals surface area contributed by atoms with Gasteiger partial charge in [0.2, 0.25) is 10.0 Å². The molecule has 150 valence electrons. The van der Waals surface area contributed by atoms with Crippen LogP contribution in [0.4, 0.5) is 10.1 Å². The van der Waals surface area contributed by atoms with Crippen LogP contribution in [0.5, 0.6) is 0 Å². The maximum Gasteiger partial charge on any atom is 0.338 e. The minimum atomic E-state index is -3.62. The highest BCUT2D eigenvalue weighted by atomic mass is 32.2. The SMILES string of the molecule is CCN(CC)S(=O)(=O)c1ccc(C(=O)OCC(=O)Nc2ccc(F)cc2)cc1. The van der Waals surface area contributed by atoms with Crippen LogP contribution in [0.25, 0.3) is 0 Å². The van der Waals surface area contributed by atoms with Crippen molar-refractivity contribution >= 4 is 27.6 Å². The van der Waals surface area contributed by atoms with E-state index in [1.54, 1.807) is 13.8 Å². The van der Waals surface area contributed by atoms with E-state index in [4.69, 9.17) is 4.74 Å². The molecule has 1 N–H and O–H groups in total. The number of rotatable bonds is 8. The largest absolute Gasteiger partial charge is 0.452 e. The monoisotopic (exact) mass is 408 g/mol. The number of nitrogens with one attached hydrogen (secondary N) is 1. The molecule has 0 radical (unpaired) electrons. The van der Waals surface area contributed by atoms with Crippen molar-refractivity contribution in [2.75, 3.05) is 25.0 Å². The summed E-state index contributed by atoms with van der Waals surface area (Å²) < 4.78 is 43.9. The minimum Gasteiger partial charge on any atom is -0.452 e. The fourth-order valence-corrected chi connectivity index (χ4v) is 3.88. The van der Waals surface area contributed by atoms with Crippen molar-refractivity contribution in [1.29, 1.82) is 0 Å². The lowest BCUT2D eigenvalue weighted by Crippen LogP contribution is -2.30. The number of hydrogen-bond acceptors (Lipinski definition) is 5. The highest BCUT2D eigenvalue weighted by Gasteiger charge is 2.22. The predicted octanol–water partition coefficient (Wildman–Crippen LogP) is 2.65. The predicted molar refractivity (Wildman–Crippen MR) is 102 cm³/mol. The number of hydrogen-bond donors (Lipinski definition) is 1. The molecular weight excluding hydrogens is 387 g/mol. The second-order valence-electron chi connectivity index (χ2n) is 5.74. The van der Waals surface area contributed by atoms with Crippen molar-refractivity contribution in [2.24, 2.45) is 0 Å². The van der Waals surface area contributed by atoms with Crippen molar-refractivity contribution in [3.05, 3.63) is 59.9 Å². The molecule has 2 aromatic rings. The van der Waals surface area contributed by atoms with Crippen LogP contribution in [0.3, 0.4) is 0 Å². The van der Waals surface area contributed by atoms with Gasteiger partial charge in [-0.05, 0) is 48.5 Å². The van der Waals surface area contributed by atoms with Crippen LogP contribution in [-0.4, -0.2) is 44.3 Å². The summed E-state index contributed by atoms with van der Waals surface area (Å²) in [6, 6.07) is 10.4. The molecule has 28 heavy (non-hydrogen) atoms. The van der Waals surface area contributed by atoms with E-state index in [-0.39, 0.29) is 10.5 Å². The molecule has 0 heterocycles. The van der Waals surface area contributed by atoms with E-state index in [0.29, 0.717) is 18.8 Å². The average molecular weight is 408 g/mol. The lowest BCUT2D eigenvalue weighted by atomic mass is 10.2. The third-order valence-electron chi connectivity index (χ3n) is 3.90. The molecule has 0 bridgehead atoms. The number of benzene rings is 2. The molecule has 2 aromatic carbocycles. The van der Waals surface area contributed by atoms with Crippen molar-refractivity contribution in [2.45, 2.75) is 18.7 Å². The van der Waals surface area contributed by atoms with Gasteiger partial charge >= 0.3 is 5.97 Å². The molecule has 9 heteroatoms. The first-order valence-electron chi connectivity index (χ1n) is 8.60. The van der Waals surface area contributed by atoms with Crippen LogP contribution >= 0.6 is 0 Å². The van der Waals surface area contributed by atoms with Gasteiger partial charge in [0.15, 0.2) is 6.61 Å². The number of esters is 1. The number of sulfonamides is 1. The van der Waals surface area contributed by atoms with Crippen LogP contribution in [-0.2, 0) is 19.6 Å². The van der Waals surface area contributed by atoms with Gasteiger partial charge in [-0.25, -0.2) is 17.6 Å². The van der Waals surface area contributed by atoms with Crippen molar-refractivity contribution in [3.63, 3.8) is 0 Å². The molecule has 0 saturated carbocycles. The topological polar surface area (TPSA) is 92.8 Å². The summed E-state index contributed by atoms with van der Waals surface area (Å²) in [6.07, 6.45) is 0. The minimum absolute atomic E-state index is 0.0711. The lowest BCUT2D eigenvalue weighted by molar-refractivity contribution is -0.119. The zero-order chi connectivity index (χ0) is 20.7. The van der Waals surface area contributed by atoms with Gasteiger partial charge < -0.3 is 10.1 Å². The molecule has 0 aliphatic heterocycles. The van der Waals surface area contributed by atoms with E-state index in [1.165, 1.54) is 52.8 Å². The van der Waals surface area contributed by atoms with Gasteiger partial charge in [-0.15, -0.1) is 0 Å². The molecule has 0 atom stereocenters. The quantitative estimate of drug-likeness (QED) is 0.678. The van der Waals surface area contributed by atoms with Gasteiger partial charge in [-0.1, -0.05) is 13.8 Å². The van der Waals surface area contributed by atoms with E-state index >= 15 is 0 Å². The molecular formula is C19H21FN2O5S. The Bertz CT molecular complexity index is 924. The molecule has 1 amide bonds. The Hall–Kier alpha value is -2.78. The normalized spacial score (nSPS) is 11.3. The van der Waals surface area contributed by atoms with Crippen molar-refractivity contribution in [3.8, 4) is 0 Å². The Morgan fingerprint density at radius 1 is 1.00 bits per heavy atom. The van der Waals surface area contributed by atoms with E-state index in [0.717, 1.165) is 0 Å². The summed E-state index contributed by atoms with van der Waals surface area (Å²) in [5.74, 6) is -1.78. The van der Waals surface area contributed by atoms with Crippen LogP contribution < -0.4 is 5.32 Å². The summed E-state index contributed by atoms with van der Waals surface area (Å²) in [4.78, 5) is 23.9. The number of anilines is 1. The number of ether oxygens (including phenoxy) is 1. The van der Waals surface area contributed by atoms with Gasteiger partial charge in [-0.3, -0.25) is 4.79 Å². The summed E-state index contributed by atoms with van der Waals surface area (Å²) in [5.41, 5.74) is 0.487. The van der Waals surface area contributed by atoms with Gasteiger partial charge in [0.1, 0.15) is 5.82 Å². The highest BCUT2D eigenvalue weighted by molar-refractivity contribution is 7.89. The summed E-state index contributed by atoms with van der Waals surface area (Å²) >= 11 is 0. The first-order chi connectivity index (χ1) is 13.3. The molecule has 0 aromatic heterocycles. The average Bonchev–Trinajstić information content (AvgIpc) is 2.68. The second kappa shape index (κ2) is 9.43. The molecule has 0 spiro atoms. The van der Waals surface area contributed by atoms with Crippen LogP contribution in [0.15, 0.2) is 53.4 Å². The van der Waals surface area contributed by atoms with Gasteiger partial charge in [0.25, 0.3) is 5.91 Å². The Kier molecular flexibility index (Phi) is 7.24. The Morgan fingerprint density at radius 3 is 2.11 bits per heavy atom. The van der Waals surface area contributed by atoms with Gasteiger partial charge in [-0.2, -0.15) is 4.31 Å². The van der Waals surface area contributed by atoms with Crippen molar-refractivity contribution in [1.82, 2.24) is 4.31 Å². The van der Waals surface area contributed by atoms with Crippen LogP contribution in [0.1, 0.15) is 24.2 Å². The molecule has 0 unspecified atom stereocenters. The highest BCUT2D eigenvalue weighted by Crippen LogP contribution is 2.16. The van der Waals surface area contributed by atoms with Crippen LogP contribution in [0.2, 0.25) is 0 Å². The number of nitrogens with zero attached hydrogens (tertiary/aromatic N) is 1. The summed E-state index contributed by atoms with van der Waals surface area (Å²) in [7, 11) is -3.62. The molecule has 0 fully saturated rings. The number of carbonyl (C=O) groups excluding carboxylic acids is 2. The Balaban J connectivity index is 1.95. The zero-order valence-corrected chi connectivity index (χ0v) is 16.3. The standard InChI is InChI=1S/C19H21FN2O5S/c1-3-22(4-2)28(25,26)17-11-5-14(6-12-17)19(24)27-13-18(23)21-16-9-7-15(20)8-10-16/h5-12H,3-4,13H2,1-2H3,(H,21,23). The van der Waals surface area contributed by atoms with Crippen LogP contribution in [0, 0.1) is 5.82 Å². The smallest absolute Gasteiger partial charge is 0.338 e. The third kappa shape index (κ3) is 5.37. The van der Waals surface area contributed by atoms with Crippen molar-refractivity contribution < 1.29 is 27.1 Å². The fourth-order valence-electron chi connectivity index (χ4n) is 2.42. The van der Waals surface area contributed by atoms with E-state index in [9.17, 15) is 22.4 Å². The number of amides is 1. The Labute approximate surface area is 163 Å². The first-order valence-corrected chi connectivity index (χ1v) is 10.0. The molecule has 0 saturated heterocycles. The number of halogens is 1. The van der Waals surface area contributed by atoms with Gasteiger partial charge in [0, 0.05) is 18.8 Å². The third-order valence-corrected chi connectivity index (χ3v) is 5.96. The second-order valence-corrected chi connectivity index (χ2v) is 7.68. The summed E-state index contributed by atoms with van der Waals surface area (Å²) in [6.45, 7) is 3.63. The zero-order valence-electron chi connectivity index (χ0n) is 15.5. The first kappa shape index (κ1) is 21.5. The van der Waals surface area contributed by atoms with Gasteiger partial charge in [0.05, 0.1) is 10.5 Å².